The van der Waals surface area contributed by atoms with Crippen molar-refractivity contribution in [3.8, 4) is 17.2 Å². The van der Waals surface area contributed by atoms with Gasteiger partial charge < -0.3 is 14.6 Å². The molecule has 0 aromatic heterocycles. The van der Waals surface area contributed by atoms with Gasteiger partial charge in [0, 0.05) is 11.6 Å². The lowest BCUT2D eigenvalue weighted by atomic mass is 10.1. The quantitative estimate of drug-likeness (QED) is 0.894. The zero-order chi connectivity index (χ0) is 14.5. The maximum Gasteiger partial charge on any atom is 0.133 e. The molecule has 20 heavy (non-hydrogen) atoms. The van der Waals surface area contributed by atoms with Crippen molar-refractivity contribution in [2.24, 2.45) is 0 Å². The molecule has 0 bridgehead atoms. The summed E-state index contributed by atoms with van der Waals surface area (Å²) in [5, 5.41) is 9.67. The number of ether oxygens (including phenoxy) is 2. The van der Waals surface area contributed by atoms with Gasteiger partial charge in [-0.25, -0.2) is 4.39 Å². The molecule has 0 fully saturated rings. The maximum absolute atomic E-state index is 13.2. The first kappa shape index (κ1) is 14.3. The number of hydrogen-bond donors (Lipinski definition) is 1. The van der Waals surface area contributed by atoms with E-state index in [1.54, 1.807) is 19.1 Å². The zero-order valence-electron chi connectivity index (χ0n) is 11.5. The van der Waals surface area contributed by atoms with Crippen LogP contribution in [0, 0.1) is 5.82 Å². The van der Waals surface area contributed by atoms with Gasteiger partial charge in [0.1, 0.15) is 23.1 Å². The first-order chi connectivity index (χ1) is 9.60. The van der Waals surface area contributed by atoms with Crippen molar-refractivity contribution in [2.75, 3.05) is 6.61 Å². The molecule has 4 heteroatoms. The fraction of sp³-hybridized carbons (Fsp3) is 0.250. The second-order valence-corrected chi connectivity index (χ2v) is 4.37. The van der Waals surface area contributed by atoms with E-state index >= 15 is 0 Å². The van der Waals surface area contributed by atoms with E-state index in [1.807, 2.05) is 19.1 Å². The van der Waals surface area contributed by atoms with Gasteiger partial charge in [-0.1, -0.05) is 6.07 Å². The summed E-state index contributed by atoms with van der Waals surface area (Å²) < 4.78 is 24.3. The summed E-state index contributed by atoms with van der Waals surface area (Å²) in [5.41, 5.74) is 0.409. The lowest BCUT2D eigenvalue weighted by Crippen LogP contribution is -1.97. The highest BCUT2D eigenvalue weighted by atomic mass is 19.1. The van der Waals surface area contributed by atoms with Crippen molar-refractivity contribution in [2.45, 2.75) is 20.0 Å². The van der Waals surface area contributed by atoms with E-state index in [0.717, 1.165) is 0 Å². The second kappa shape index (κ2) is 6.39. The molecule has 0 aliphatic heterocycles. The summed E-state index contributed by atoms with van der Waals surface area (Å²) >= 11 is 0. The minimum Gasteiger partial charge on any atom is -0.494 e. The number of aliphatic hydroxyl groups is 1. The summed E-state index contributed by atoms with van der Waals surface area (Å²) in [6, 6.07) is 11.2. The van der Waals surface area contributed by atoms with Crippen molar-refractivity contribution < 1.29 is 19.0 Å². The first-order valence-electron chi connectivity index (χ1n) is 6.48. The molecular formula is C16H17FO3. The molecule has 0 aliphatic carbocycles. The molecule has 106 valence electrons. The maximum atomic E-state index is 13.2. The Balaban J connectivity index is 2.27. The molecule has 2 rings (SSSR count). The molecule has 3 nitrogen and oxygen atoms in total. The second-order valence-electron chi connectivity index (χ2n) is 4.37. The van der Waals surface area contributed by atoms with E-state index in [0.29, 0.717) is 29.4 Å². The molecule has 0 unspecified atom stereocenters. The number of aliphatic hydroxyl groups excluding tert-OH is 1. The lowest BCUT2D eigenvalue weighted by Gasteiger charge is -2.14. The largest absolute Gasteiger partial charge is 0.494 e. The first-order valence-corrected chi connectivity index (χ1v) is 6.48. The van der Waals surface area contributed by atoms with Crippen LogP contribution in [0.2, 0.25) is 0 Å². The van der Waals surface area contributed by atoms with Crippen LogP contribution in [0.15, 0.2) is 42.5 Å². The monoisotopic (exact) mass is 276 g/mol. The summed E-state index contributed by atoms with van der Waals surface area (Å²) in [7, 11) is 0. The lowest BCUT2D eigenvalue weighted by molar-refractivity contribution is 0.195. The number of benzene rings is 2. The summed E-state index contributed by atoms with van der Waals surface area (Å²) in [6.07, 6.45) is -0.809. The van der Waals surface area contributed by atoms with Crippen molar-refractivity contribution in [3.05, 3.63) is 53.8 Å². The van der Waals surface area contributed by atoms with Gasteiger partial charge in [0.25, 0.3) is 0 Å². The summed E-state index contributed by atoms with van der Waals surface area (Å²) in [4.78, 5) is 0. The molecule has 0 amide bonds. The highest BCUT2D eigenvalue weighted by Crippen LogP contribution is 2.31. The highest BCUT2D eigenvalue weighted by molar-refractivity contribution is 5.41. The van der Waals surface area contributed by atoms with E-state index in [4.69, 9.17) is 9.47 Å². The van der Waals surface area contributed by atoms with Crippen LogP contribution < -0.4 is 9.47 Å². The van der Waals surface area contributed by atoms with Crippen LogP contribution in [-0.4, -0.2) is 11.7 Å². The van der Waals surface area contributed by atoms with Gasteiger partial charge in [-0.15, -0.1) is 0 Å². The molecular weight excluding hydrogens is 259 g/mol. The molecule has 2 aromatic carbocycles. The van der Waals surface area contributed by atoms with Gasteiger partial charge in [0.2, 0.25) is 0 Å². The van der Waals surface area contributed by atoms with Crippen LogP contribution >= 0.6 is 0 Å². The van der Waals surface area contributed by atoms with E-state index in [1.165, 1.54) is 18.2 Å². The van der Waals surface area contributed by atoms with E-state index < -0.39 is 11.9 Å². The fourth-order valence-corrected chi connectivity index (χ4v) is 1.86. The van der Waals surface area contributed by atoms with Crippen molar-refractivity contribution >= 4 is 0 Å². The minimum absolute atomic E-state index is 0.406. The Kier molecular flexibility index (Phi) is 4.58. The van der Waals surface area contributed by atoms with Gasteiger partial charge in [-0.05, 0) is 44.2 Å². The van der Waals surface area contributed by atoms with Gasteiger partial charge in [-0.2, -0.15) is 0 Å². The Morgan fingerprint density at radius 1 is 1.15 bits per heavy atom. The summed E-state index contributed by atoms with van der Waals surface area (Å²) in [6.45, 7) is 4.04. The molecule has 2 aromatic rings. The van der Waals surface area contributed by atoms with E-state index in [9.17, 15) is 9.50 Å². The van der Waals surface area contributed by atoms with Gasteiger partial charge >= 0.3 is 0 Å². The minimum atomic E-state index is -0.809. The Morgan fingerprint density at radius 3 is 2.60 bits per heavy atom. The zero-order valence-corrected chi connectivity index (χ0v) is 11.5. The molecule has 1 atom stereocenters. The molecule has 0 heterocycles. The molecule has 0 radical (unpaired) electrons. The predicted octanol–water partition coefficient (Wildman–Crippen LogP) is 4.07. The van der Waals surface area contributed by atoms with Crippen LogP contribution in [0.25, 0.3) is 0 Å². The fourth-order valence-electron chi connectivity index (χ4n) is 1.86. The highest BCUT2D eigenvalue weighted by Gasteiger charge is 2.11. The Hall–Kier alpha value is -2.07. The van der Waals surface area contributed by atoms with Gasteiger partial charge in [0.15, 0.2) is 0 Å². The molecule has 0 spiro atoms. The predicted molar refractivity (Wildman–Crippen MR) is 74.7 cm³/mol. The molecule has 1 N–H and O–H groups in total. The SMILES string of the molecule is CCOc1cccc(Oc2ccc(F)cc2[C@H](C)O)c1. The third kappa shape index (κ3) is 3.48. The number of halogens is 1. The standard InChI is InChI=1S/C16H17FO3/c1-3-19-13-5-4-6-14(10-13)20-16-8-7-12(17)9-15(16)11(2)18/h4-11,18H,3H2,1-2H3/t11-/m0/s1. The Bertz CT molecular complexity index is 582. The summed E-state index contributed by atoms with van der Waals surface area (Å²) in [5.74, 6) is 1.29. The third-order valence-corrected chi connectivity index (χ3v) is 2.77. The van der Waals surface area contributed by atoms with Crippen LogP contribution in [0.1, 0.15) is 25.5 Å². The van der Waals surface area contributed by atoms with Crippen LogP contribution in [0.3, 0.4) is 0 Å². The van der Waals surface area contributed by atoms with Crippen LogP contribution in [0.5, 0.6) is 17.2 Å². The smallest absolute Gasteiger partial charge is 0.133 e. The Labute approximate surface area is 117 Å². The average molecular weight is 276 g/mol. The van der Waals surface area contributed by atoms with Crippen molar-refractivity contribution in [1.82, 2.24) is 0 Å². The third-order valence-electron chi connectivity index (χ3n) is 2.77. The Morgan fingerprint density at radius 2 is 1.90 bits per heavy atom. The van der Waals surface area contributed by atoms with E-state index in [2.05, 4.69) is 0 Å². The normalized spacial score (nSPS) is 12.0. The van der Waals surface area contributed by atoms with Crippen molar-refractivity contribution in [1.29, 1.82) is 0 Å². The van der Waals surface area contributed by atoms with Gasteiger partial charge in [-0.3, -0.25) is 0 Å². The topological polar surface area (TPSA) is 38.7 Å². The molecule has 0 aliphatic rings. The van der Waals surface area contributed by atoms with Crippen molar-refractivity contribution in [3.63, 3.8) is 0 Å². The average Bonchev–Trinajstić information content (AvgIpc) is 2.41. The molecule has 0 saturated carbocycles. The number of hydrogen-bond acceptors (Lipinski definition) is 3. The van der Waals surface area contributed by atoms with E-state index in [-0.39, 0.29) is 0 Å². The number of rotatable bonds is 5. The molecule has 0 saturated heterocycles. The van der Waals surface area contributed by atoms with Gasteiger partial charge in [0.05, 0.1) is 12.7 Å². The van der Waals surface area contributed by atoms with Crippen LogP contribution in [0.4, 0.5) is 4.39 Å². The van der Waals surface area contributed by atoms with Crippen LogP contribution in [-0.2, 0) is 0 Å².